The average Bonchev–Trinajstić information content (AvgIpc) is 2.60. The van der Waals surface area contributed by atoms with Gasteiger partial charge in [-0.1, -0.05) is 46.8 Å². The smallest absolute Gasteiger partial charge is 0.153 e. The van der Waals surface area contributed by atoms with E-state index in [1.165, 1.54) is 17.7 Å². The Balaban J connectivity index is 0.000000552. The number of hydrogen-bond donors (Lipinski definition) is 0. The van der Waals surface area contributed by atoms with E-state index in [2.05, 4.69) is 34.6 Å². The fourth-order valence-electron chi connectivity index (χ4n) is 2.44. The predicted octanol–water partition coefficient (Wildman–Crippen LogP) is 5.53. The van der Waals surface area contributed by atoms with E-state index in [4.69, 9.17) is 4.74 Å². The Bertz CT molecular complexity index is 741. The third-order valence-corrected chi connectivity index (χ3v) is 5.15. The molecule has 1 aliphatic rings. The van der Waals surface area contributed by atoms with E-state index >= 15 is 0 Å². The summed E-state index contributed by atoms with van der Waals surface area (Å²) in [7, 11) is -1.37. The van der Waals surface area contributed by atoms with Crippen LogP contribution in [0, 0.1) is 11.7 Å². The summed E-state index contributed by atoms with van der Waals surface area (Å²) < 4.78 is 33.5. The molecule has 5 heteroatoms. The zero-order valence-electron chi connectivity index (χ0n) is 16.2. The normalized spacial score (nSPS) is 14.4. The average molecular weight is 378 g/mol. The Labute approximate surface area is 158 Å². The van der Waals surface area contributed by atoms with Crippen molar-refractivity contribution in [2.24, 2.45) is 5.92 Å². The fraction of sp³-hybridized carbons (Fsp3) is 0.429. The van der Waals surface area contributed by atoms with Crippen molar-refractivity contribution in [2.75, 3.05) is 17.5 Å². The van der Waals surface area contributed by atoms with Gasteiger partial charge in [-0.25, -0.2) is 8.60 Å². The van der Waals surface area contributed by atoms with Gasteiger partial charge < -0.3 is 4.74 Å². The predicted molar refractivity (Wildman–Crippen MR) is 107 cm³/mol. The molecule has 1 aliphatic heterocycles. The Kier molecular flexibility index (Phi) is 7.21. The van der Waals surface area contributed by atoms with Gasteiger partial charge in [0.05, 0.1) is 17.1 Å². The number of ether oxygens (including phenoxy) is 1. The Morgan fingerprint density at radius 3 is 2.23 bits per heavy atom. The summed E-state index contributed by atoms with van der Waals surface area (Å²) >= 11 is 0. The van der Waals surface area contributed by atoms with Gasteiger partial charge >= 0.3 is 0 Å². The van der Waals surface area contributed by atoms with Crippen LogP contribution >= 0.6 is 0 Å². The Morgan fingerprint density at radius 2 is 1.65 bits per heavy atom. The molecule has 2 aromatic rings. The molecule has 0 saturated carbocycles. The van der Waals surface area contributed by atoms with Crippen molar-refractivity contribution in [3.8, 4) is 5.75 Å². The van der Waals surface area contributed by atoms with Crippen LogP contribution in [0.1, 0.15) is 46.1 Å². The van der Waals surface area contributed by atoms with Crippen LogP contribution in [-0.4, -0.2) is 17.4 Å². The minimum absolute atomic E-state index is 0.360. The summed E-state index contributed by atoms with van der Waals surface area (Å²) in [5.41, 5.74) is 1.74. The van der Waals surface area contributed by atoms with Crippen molar-refractivity contribution in [2.45, 2.75) is 45.4 Å². The maximum atomic E-state index is 13.5. The summed E-state index contributed by atoms with van der Waals surface area (Å²) in [5, 5.41) is 0. The van der Waals surface area contributed by atoms with Crippen LogP contribution in [0.25, 0.3) is 0 Å². The lowest BCUT2D eigenvalue weighted by molar-refractivity contribution is 0.316. The molecule has 3 nitrogen and oxygen atoms in total. The molecule has 0 aromatic heterocycles. The fourth-order valence-corrected chi connectivity index (χ4v) is 3.62. The highest BCUT2D eigenvalue weighted by molar-refractivity contribution is 7.86. The van der Waals surface area contributed by atoms with E-state index in [0.717, 1.165) is 5.92 Å². The lowest BCUT2D eigenvalue weighted by atomic mass is 10.0. The summed E-state index contributed by atoms with van der Waals surface area (Å²) in [4.78, 5) is 0.710. The number of anilines is 1. The van der Waals surface area contributed by atoms with Gasteiger partial charge in [-0.3, -0.25) is 4.31 Å². The maximum absolute atomic E-state index is 13.5. The van der Waals surface area contributed by atoms with Crippen molar-refractivity contribution in [1.82, 2.24) is 0 Å². The number of nitrogens with zero attached hydrogens (tertiary/aromatic N) is 1. The van der Waals surface area contributed by atoms with Gasteiger partial charge in [-0.15, -0.1) is 0 Å². The lowest BCUT2D eigenvalue weighted by Crippen LogP contribution is -2.34. The number of fused-ring (bicyclic) bond motifs is 1. The van der Waals surface area contributed by atoms with Gasteiger partial charge in [0.2, 0.25) is 0 Å². The first-order chi connectivity index (χ1) is 12.3. The highest BCUT2D eigenvalue weighted by Gasteiger charge is 2.24. The third kappa shape index (κ3) is 5.31. The summed E-state index contributed by atoms with van der Waals surface area (Å²) in [6.07, 6.45) is 0. The maximum Gasteiger partial charge on any atom is 0.153 e. The van der Waals surface area contributed by atoms with Crippen LogP contribution in [0.5, 0.6) is 5.75 Å². The molecule has 1 atom stereocenters. The van der Waals surface area contributed by atoms with Gasteiger partial charge in [-0.05, 0) is 41.7 Å². The summed E-state index contributed by atoms with van der Waals surface area (Å²) in [5.74, 6) is 1.47. The van der Waals surface area contributed by atoms with Gasteiger partial charge in [0, 0.05) is 6.07 Å². The molecule has 0 saturated heterocycles. The zero-order chi connectivity index (χ0) is 19.3. The van der Waals surface area contributed by atoms with E-state index in [-0.39, 0.29) is 5.82 Å². The second-order valence-corrected chi connectivity index (χ2v) is 8.68. The monoisotopic (exact) mass is 377 g/mol. The number of hydrogen-bond acceptors (Lipinski definition) is 2. The molecule has 0 amide bonds. The van der Waals surface area contributed by atoms with Crippen molar-refractivity contribution in [3.05, 3.63) is 53.8 Å². The number of benzene rings is 2. The molecule has 0 fully saturated rings. The first-order valence-electron chi connectivity index (χ1n) is 9.01. The Morgan fingerprint density at radius 1 is 1.04 bits per heavy atom. The molecule has 2 aromatic carbocycles. The third-order valence-electron chi connectivity index (χ3n) is 3.69. The van der Waals surface area contributed by atoms with E-state index in [0.29, 0.717) is 35.4 Å². The molecule has 3 rings (SSSR count). The molecule has 0 bridgehead atoms. The molecule has 1 heterocycles. The summed E-state index contributed by atoms with van der Waals surface area (Å²) in [6.45, 7) is 11.6. The zero-order valence-corrected chi connectivity index (χ0v) is 17.0. The SMILES string of the molecule is CC(C)C.CC(C)c1ccc(S(=O)N2CCOc3ccc(F)cc32)cc1. The van der Waals surface area contributed by atoms with Crippen molar-refractivity contribution in [1.29, 1.82) is 0 Å². The first-order valence-corrected chi connectivity index (χ1v) is 10.1. The second kappa shape index (κ2) is 9.17. The van der Waals surface area contributed by atoms with Gasteiger partial charge in [0.1, 0.15) is 18.2 Å². The van der Waals surface area contributed by atoms with Gasteiger partial charge in [0.15, 0.2) is 11.0 Å². The lowest BCUT2D eigenvalue weighted by Gasteiger charge is -2.29. The van der Waals surface area contributed by atoms with E-state index in [1.54, 1.807) is 10.4 Å². The van der Waals surface area contributed by atoms with Crippen molar-refractivity contribution in [3.63, 3.8) is 0 Å². The topological polar surface area (TPSA) is 29.5 Å². The molecule has 0 N–H and O–H groups in total. The molecule has 26 heavy (non-hydrogen) atoms. The van der Waals surface area contributed by atoms with Crippen LogP contribution < -0.4 is 9.04 Å². The molecule has 1 unspecified atom stereocenters. The molecule has 0 spiro atoms. The van der Waals surface area contributed by atoms with Crippen LogP contribution in [-0.2, 0) is 11.0 Å². The standard InChI is InChI=1S/C17H18FNO2S.C4H10/c1-12(2)13-3-6-15(7-4-13)22(20)19-9-10-21-17-8-5-14(18)11-16(17)19;1-4(2)3/h3-8,11-12H,9-10H2,1-2H3;4H,1-3H3. The molecular formula is C21H28FNO2S. The van der Waals surface area contributed by atoms with Gasteiger partial charge in [0.25, 0.3) is 0 Å². The van der Waals surface area contributed by atoms with Crippen molar-refractivity contribution >= 4 is 16.7 Å². The molecule has 0 radical (unpaired) electrons. The van der Waals surface area contributed by atoms with E-state index in [9.17, 15) is 8.60 Å². The largest absolute Gasteiger partial charge is 0.489 e. The van der Waals surface area contributed by atoms with Crippen LogP contribution in [0.2, 0.25) is 0 Å². The molecule has 142 valence electrons. The summed E-state index contributed by atoms with van der Waals surface area (Å²) in [6, 6.07) is 12.0. The number of rotatable bonds is 3. The second-order valence-electron chi connectivity index (χ2n) is 7.27. The highest BCUT2D eigenvalue weighted by atomic mass is 32.2. The quantitative estimate of drug-likeness (QED) is 0.703. The minimum Gasteiger partial charge on any atom is -0.489 e. The molecule has 0 aliphatic carbocycles. The Hall–Kier alpha value is -1.88. The van der Waals surface area contributed by atoms with Gasteiger partial charge in [-0.2, -0.15) is 0 Å². The van der Waals surface area contributed by atoms with Crippen LogP contribution in [0.4, 0.5) is 10.1 Å². The van der Waals surface area contributed by atoms with E-state index in [1.807, 2.05) is 24.3 Å². The first kappa shape index (κ1) is 20.4. The van der Waals surface area contributed by atoms with Crippen LogP contribution in [0.15, 0.2) is 47.4 Å². The number of halogens is 1. The van der Waals surface area contributed by atoms with Crippen molar-refractivity contribution < 1.29 is 13.3 Å². The van der Waals surface area contributed by atoms with E-state index < -0.39 is 11.0 Å². The minimum atomic E-state index is -1.37. The molecular weight excluding hydrogens is 349 g/mol. The highest BCUT2D eigenvalue weighted by Crippen LogP contribution is 2.34. The van der Waals surface area contributed by atoms with Crippen LogP contribution in [0.3, 0.4) is 0 Å².